The van der Waals surface area contributed by atoms with E-state index >= 15 is 0 Å². The molecule has 0 saturated heterocycles. The minimum atomic E-state index is -0.114. The number of amides is 2. The highest BCUT2D eigenvalue weighted by atomic mass is 32.1. The molecule has 0 aliphatic carbocycles. The van der Waals surface area contributed by atoms with Crippen LogP contribution in [0.3, 0.4) is 0 Å². The summed E-state index contributed by atoms with van der Waals surface area (Å²) in [4.78, 5) is 17.6. The van der Waals surface area contributed by atoms with E-state index in [4.69, 9.17) is 0 Å². The monoisotopic (exact) mass is 241 g/mol. The number of carbonyl (C=O) groups is 1. The van der Waals surface area contributed by atoms with Crippen molar-refractivity contribution in [3.63, 3.8) is 0 Å². The molecule has 4 nitrogen and oxygen atoms in total. The Bertz CT molecular complexity index is 368. The van der Waals surface area contributed by atoms with E-state index in [1.807, 2.05) is 12.3 Å². The summed E-state index contributed by atoms with van der Waals surface area (Å²) in [6.45, 7) is 8.93. The van der Waals surface area contributed by atoms with Crippen molar-refractivity contribution < 1.29 is 4.79 Å². The van der Waals surface area contributed by atoms with E-state index in [0.29, 0.717) is 11.7 Å². The number of urea groups is 1. The van der Waals surface area contributed by atoms with Gasteiger partial charge in [-0.25, -0.2) is 9.78 Å². The summed E-state index contributed by atoms with van der Waals surface area (Å²) in [7, 11) is 1.76. The van der Waals surface area contributed by atoms with Gasteiger partial charge in [-0.3, -0.25) is 5.32 Å². The Morgan fingerprint density at radius 3 is 2.62 bits per heavy atom. The zero-order chi connectivity index (χ0) is 12.3. The van der Waals surface area contributed by atoms with Gasteiger partial charge in [0.25, 0.3) is 0 Å². The fourth-order valence-electron chi connectivity index (χ4n) is 1.01. The van der Waals surface area contributed by atoms with E-state index in [1.54, 1.807) is 11.9 Å². The molecule has 1 heterocycles. The molecule has 0 aliphatic rings. The van der Waals surface area contributed by atoms with Crippen molar-refractivity contribution in [3.05, 3.63) is 11.1 Å². The molecule has 0 aromatic carbocycles. The number of anilines is 1. The zero-order valence-corrected chi connectivity index (χ0v) is 11.3. The van der Waals surface area contributed by atoms with Crippen LogP contribution < -0.4 is 5.32 Å². The van der Waals surface area contributed by atoms with Crippen LogP contribution in [0.4, 0.5) is 9.93 Å². The first-order valence-corrected chi connectivity index (χ1v) is 6.20. The predicted molar refractivity (Wildman–Crippen MR) is 68.1 cm³/mol. The smallest absolute Gasteiger partial charge is 0.323 e. The number of nitrogens with zero attached hydrogens (tertiary/aromatic N) is 2. The van der Waals surface area contributed by atoms with Crippen LogP contribution in [-0.2, 0) is 5.41 Å². The van der Waals surface area contributed by atoms with Gasteiger partial charge in [-0.05, 0) is 6.92 Å². The average Bonchev–Trinajstić information content (AvgIpc) is 2.64. The van der Waals surface area contributed by atoms with Gasteiger partial charge in [0.05, 0.1) is 5.69 Å². The van der Waals surface area contributed by atoms with Crippen LogP contribution in [0.2, 0.25) is 0 Å². The summed E-state index contributed by atoms with van der Waals surface area (Å²) in [5.41, 5.74) is 1.03. The summed E-state index contributed by atoms with van der Waals surface area (Å²) in [5.74, 6) is 0. The quantitative estimate of drug-likeness (QED) is 0.865. The van der Waals surface area contributed by atoms with E-state index in [2.05, 4.69) is 31.1 Å². The second-order valence-corrected chi connectivity index (χ2v) is 5.59. The average molecular weight is 241 g/mol. The molecule has 1 rings (SSSR count). The van der Waals surface area contributed by atoms with Crippen molar-refractivity contribution in [2.45, 2.75) is 33.1 Å². The standard InChI is InChI=1S/C11H19N3OS/c1-6-14(5)10(15)13-9-12-8(7-16-9)11(2,3)4/h7H,6H2,1-5H3,(H,12,13,15). The van der Waals surface area contributed by atoms with Crippen LogP contribution in [0.1, 0.15) is 33.4 Å². The van der Waals surface area contributed by atoms with E-state index in [-0.39, 0.29) is 11.4 Å². The summed E-state index contributed by atoms with van der Waals surface area (Å²) in [6, 6.07) is -0.114. The molecule has 0 aliphatic heterocycles. The lowest BCUT2D eigenvalue weighted by Gasteiger charge is -2.15. The number of rotatable bonds is 2. The molecule has 1 aromatic heterocycles. The first-order chi connectivity index (χ1) is 7.34. The van der Waals surface area contributed by atoms with Crippen molar-refractivity contribution in [1.29, 1.82) is 0 Å². The van der Waals surface area contributed by atoms with Crippen molar-refractivity contribution in [1.82, 2.24) is 9.88 Å². The lowest BCUT2D eigenvalue weighted by Crippen LogP contribution is -2.30. The second kappa shape index (κ2) is 4.82. The molecule has 0 fully saturated rings. The Balaban J connectivity index is 2.70. The molecule has 5 heteroatoms. The topological polar surface area (TPSA) is 45.2 Å². The maximum absolute atomic E-state index is 11.6. The van der Waals surface area contributed by atoms with Gasteiger partial charge in [0, 0.05) is 24.4 Å². The molecule has 2 amide bonds. The van der Waals surface area contributed by atoms with E-state index < -0.39 is 0 Å². The van der Waals surface area contributed by atoms with E-state index in [1.165, 1.54) is 11.3 Å². The maximum atomic E-state index is 11.6. The van der Waals surface area contributed by atoms with Crippen molar-refractivity contribution >= 4 is 22.5 Å². The molecular formula is C11H19N3OS. The SMILES string of the molecule is CCN(C)C(=O)Nc1nc(C(C)(C)C)cs1. The fraction of sp³-hybridized carbons (Fsp3) is 0.636. The molecule has 1 N–H and O–H groups in total. The predicted octanol–water partition coefficient (Wildman–Crippen LogP) is 2.92. The molecule has 0 saturated carbocycles. The van der Waals surface area contributed by atoms with Crippen LogP contribution in [-0.4, -0.2) is 29.5 Å². The number of nitrogens with one attached hydrogen (secondary N) is 1. The van der Waals surface area contributed by atoms with Crippen LogP contribution >= 0.6 is 11.3 Å². The lowest BCUT2D eigenvalue weighted by molar-refractivity contribution is 0.224. The van der Waals surface area contributed by atoms with Crippen molar-refractivity contribution in [3.8, 4) is 0 Å². The minimum Gasteiger partial charge on any atom is -0.328 e. The van der Waals surface area contributed by atoms with Gasteiger partial charge >= 0.3 is 6.03 Å². The summed E-state index contributed by atoms with van der Waals surface area (Å²) < 4.78 is 0. The molecule has 1 aromatic rings. The maximum Gasteiger partial charge on any atom is 0.323 e. The number of aromatic nitrogens is 1. The van der Waals surface area contributed by atoms with Crippen LogP contribution in [0.15, 0.2) is 5.38 Å². The van der Waals surface area contributed by atoms with Gasteiger partial charge in [-0.2, -0.15) is 0 Å². The van der Waals surface area contributed by atoms with Gasteiger partial charge in [0.2, 0.25) is 0 Å². The molecule has 90 valence electrons. The lowest BCUT2D eigenvalue weighted by atomic mass is 9.93. The molecule has 16 heavy (non-hydrogen) atoms. The van der Waals surface area contributed by atoms with E-state index in [9.17, 15) is 4.79 Å². The van der Waals surface area contributed by atoms with Gasteiger partial charge in [0.1, 0.15) is 0 Å². The highest BCUT2D eigenvalue weighted by Gasteiger charge is 2.18. The first-order valence-electron chi connectivity index (χ1n) is 5.32. The third-order valence-electron chi connectivity index (χ3n) is 2.31. The van der Waals surface area contributed by atoms with E-state index in [0.717, 1.165) is 5.69 Å². The van der Waals surface area contributed by atoms with Gasteiger partial charge in [-0.1, -0.05) is 20.8 Å². The zero-order valence-electron chi connectivity index (χ0n) is 10.5. The Kier molecular flexibility index (Phi) is 3.91. The molecule has 0 unspecified atom stereocenters. The number of thiazole rings is 1. The van der Waals surface area contributed by atoms with Gasteiger partial charge in [0.15, 0.2) is 5.13 Å². The molecular weight excluding hydrogens is 222 g/mol. The summed E-state index contributed by atoms with van der Waals surface area (Å²) in [6.07, 6.45) is 0. The largest absolute Gasteiger partial charge is 0.328 e. The highest BCUT2D eigenvalue weighted by Crippen LogP contribution is 2.26. The van der Waals surface area contributed by atoms with Gasteiger partial charge in [-0.15, -0.1) is 11.3 Å². The van der Waals surface area contributed by atoms with Crippen LogP contribution in [0.25, 0.3) is 0 Å². The molecule has 0 spiro atoms. The minimum absolute atomic E-state index is 0.0239. The number of hydrogen-bond acceptors (Lipinski definition) is 3. The number of hydrogen-bond donors (Lipinski definition) is 1. The Morgan fingerprint density at radius 1 is 1.56 bits per heavy atom. The Hall–Kier alpha value is -1.10. The molecule has 0 atom stereocenters. The highest BCUT2D eigenvalue weighted by molar-refractivity contribution is 7.13. The van der Waals surface area contributed by atoms with Gasteiger partial charge < -0.3 is 4.90 Å². The summed E-state index contributed by atoms with van der Waals surface area (Å²) >= 11 is 1.46. The fourth-order valence-corrected chi connectivity index (χ4v) is 1.93. The number of carbonyl (C=O) groups excluding carboxylic acids is 1. The van der Waals surface area contributed by atoms with Crippen molar-refractivity contribution in [2.75, 3.05) is 18.9 Å². The molecule has 0 radical (unpaired) electrons. The second-order valence-electron chi connectivity index (χ2n) is 4.73. The Labute approximate surface area is 101 Å². The first kappa shape index (κ1) is 13.0. The normalized spacial score (nSPS) is 11.3. The molecule has 0 bridgehead atoms. The van der Waals surface area contributed by atoms with Crippen LogP contribution in [0.5, 0.6) is 0 Å². The third kappa shape index (κ3) is 3.20. The van der Waals surface area contributed by atoms with Crippen molar-refractivity contribution in [2.24, 2.45) is 0 Å². The Morgan fingerprint density at radius 2 is 2.19 bits per heavy atom. The third-order valence-corrected chi connectivity index (χ3v) is 3.07. The van der Waals surface area contributed by atoms with Crippen LogP contribution in [0, 0.1) is 0 Å². The summed E-state index contributed by atoms with van der Waals surface area (Å²) in [5, 5.41) is 5.43.